The average molecular weight is 272 g/mol. The van der Waals surface area contributed by atoms with Crippen molar-refractivity contribution in [1.82, 2.24) is 10.6 Å². The van der Waals surface area contributed by atoms with Gasteiger partial charge in [0.25, 0.3) is 0 Å². The first kappa shape index (κ1) is 14.3. The lowest BCUT2D eigenvalue weighted by molar-refractivity contribution is 0.218. The summed E-state index contributed by atoms with van der Waals surface area (Å²) in [5.41, 5.74) is 1.08. The minimum absolute atomic E-state index is 0.0733. The predicted molar refractivity (Wildman–Crippen MR) is 80.6 cm³/mol. The van der Waals surface area contributed by atoms with Crippen LogP contribution in [-0.2, 0) is 0 Å². The van der Waals surface area contributed by atoms with Gasteiger partial charge < -0.3 is 15.7 Å². The summed E-state index contributed by atoms with van der Waals surface area (Å²) in [7, 11) is 0. The Kier molecular flexibility index (Phi) is 4.58. The Labute approximate surface area is 118 Å². The first-order chi connectivity index (χ1) is 9.61. The zero-order chi connectivity index (χ0) is 14.5. The highest BCUT2D eigenvalue weighted by molar-refractivity contribution is 5.86. The molecule has 2 unspecified atom stereocenters. The number of nitrogens with one attached hydrogen (secondary N) is 2. The monoisotopic (exact) mass is 272 g/mol. The first-order valence-corrected chi connectivity index (χ1v) is 6.77. The molecule has 2 aromatic rings. The number of rotatable bonds is 4. The van der Waals surface area contributed by atoms with Crippen molar-refractivity contribution in [3.8, 4) is 0 Å². The van der Waals surface area contributed by atoms with Crippen molar-refractivity contribution in [3.05, 3.63) is 48.0 Å². The lowest BCUT2D eigenvalue weighted by Gasteiger charge is -2.18. The molecule has 2 rings (SSSR count). The molecule has 2 aromatic carbocycles. The van der Waals surface area contributed by atoms with Crippen LogP contribution in [0.3, 0.4) is 0 Å². The van der Waals surface area contributed by atoms with E-state index in [4.69, 9.17) is 5.11 Å². The molecule has 0 spiro atoms. The van der Waals surface area contributed by atoms with Gasteiger partial charge in [0.15, 0.2) is 0 Å². The third-order valence-corrected chi connectivity index (χ3v) is 3.29. The number of amides is 2. The number of carbonyl (C=O) groups excluding carboxylic acids is 1. The van der Waals surface area contributed by atoms with Gasteiger partial charge in [-0.15, -0.1) is 0 Å². The number of aliphatic hydroxyl groups is 1. The van der Waals surface area contributed by atoms with E-state index in [0.29, 0.717) is 0 Å². The molecule has 0 aliphatic carbocycles. The second-order valence-electron chi connectivity index (χ2n) is 4.99. The number of hydrogen-bond donors (Lipinski definition) is 3. The lowest BCUT2D eigenvalue weighted by atomic mass is 10.00. The summed E-state index contributed by atoms with van der Waals surface area (Å²) in [6.45, 7) is 3.63. The summed E-state index contributed by atoms with van der Waals surface area (Å²) in [5, 5.41) is 16.8. The summed E-state index contributed by atoms with van der Waals surface area (Å²) < 4.78 is 0. The lowest BCUT2D eigenvalue weighted by Crippen LogP contribution is -2.43. The van der Waals surface area contributed by atoms with Crippen molar-refractivity contribution in [2.45, 2.75) is 25.9 Å². The van der Waals surface area contributed by atoms with Crippen LogP contribution in [0.2, 0.25) is 0 Å². The highest BCUT2D eigenvalue weighted by atomic mass is 16.3. The largest absolute Gasteiger partial charge is 0.394 e. The van der Waals surface area contributed by atoms with Gasteiger partial charge >= 0.3 is 6.03 Å². The predicted octanol–water partition coefficient (Wildman–Crippen LogP) is 2.58. The number of aliphatic hydroxyl groups excluding tert-OH is 1. The molecule has 0 aliphatic heterocycles. The molecule has 0 radical (unpaired) electrons. The first-order valence-electron chi connectivity index (χ1n) is 6.77. The van der Waals surface area contributed by atoms with Crippen LogP contribution >= 0.6 is 0 Å². The van der Waals surface area contributed by atoms with Gasteiger partial charge in [-0.25, -0.2) is 4.79 Å². The van der Waals surface area contributed by atoms with E-state index in [1.54, 1.807) is 6.92 Å². The van der Waals surface area contributed by atoms with Crippen molar-refractivity contribution >= 4 is 16.8 Å². The van der Waals surface area contributed by atoms with E-state index < -0.39 is 0 Å². The average Bonchev–Trinajstić information content (AvgIpc) is 2.46. The maximum atomic E-state index is 11.8. The molecule has 4 heteroatoms. The second kappa shape index (κ2) is 6.39. The van der Waals surface area contributed by atoms with E-state index in [1.807, 2.05) is 31.2 Å². The van der Waals surface area contributed by atoms with Gasteiger partial charge in [-0.1, -0.05) is 42.5 Å². The van der Waals surface area contributed by atoms with Crippen LogP contribution in [0, 0.1) is 0 Å². The normalized spacial score (nSPS) is 13.8. The quantitative estimate of drug-likeness (QED) is 0.801. The fourth-order valence-corrected chi connectivity index (χ4v) is 2.21. The Morgan fingerprint density at radius 2 is 1.80 bits per heavy atom. The third-order valence-electron chi connectivity index (χ3n) is 3.29. The van der Waals surface area contributed by atoms with E-state index >= 15 is 0 Å². The zero-order valence-corrected chi connectivity index (χ0v) is 11.8. The molecule has 0 aromatic heterocycles. The fraction of sp³-hybridized carbons (Fsp3) is 0.312. The molecule has 2 atom stereocenters. The van der Waals surface area contributed by atoms with E-state index in [2.05, 4.69) is 28.8 Å². The smallest absolute Gasteiger partial charge is 0.315 e. The number of benzene rings is 2. The molecule has 0 aliphatic rings. The second-order valence-corrected chi connectivity index (χ2v) is 4.99. The third kappa shape index (κ3) is 3.27. The molecule has 3 N–H and O–H groups in total. The van der Waals surface area contributed by atoms with Gasteiger partial charge in [-0.3, -0.25) is 0 Å². The Bertz CT molecular complexity index is 593. The van der Waals surface area contributed by atoms with Crippen molar-refractivity contribution < 1.29 is 9.90 Å². The van der Waals surface area contributed by atoms with Crippen LogP contribution in [0.25, 0.3) is 10.8 Å². The Hall–Kier alpha value is -2.07. The van der Waals surface area contributed by atoms with Crippen LogP contribution in [-0.4, -0.2) is 23.8 Å². The maximum absolute atomic E-state index is 11.8. The molecule has 106 valence electrons. The molecule has 0 saturated heterocycles. The molecule has 0 heterocycles. The molecule has 0 saturated carbocycles. The molecule has 0 bridgehead atoms. The molecule has 2 amide bonds. The molecular weight excluding hydrogens is 252 g/mol. The van der Waals surface area contributed by atoms with Crippen LogP contribution in [0.5, 0.6) is 0 Å². The van der Waals surface area contributed by atoms with E-state index in [1.165, 1.54) is 0 Å². The zero-order valence-electron chi connectivity index (χ0n) is 11.8. The number of urea groups is 1. The summed E-state index contributed by atoms with van der Waals surface area (Å²) in [4.78, 5) is 11.8. The van der Waals surface area contributed by atoms with Gasteiger partial charge in [0, 0.05) is 0 Å². The van der Waals surface area contributed by atoms with Crippen LogP contribution in [0.15, 0.2) is 42.5 Å². The molecule has 20 heavy (non-hydrogen) atoms. The summed E-state index contributed by atoms with van der Waals surface area (Å²) in [6.07, 6.45) is 0. The van der Waals surface area contributed by atoms with E-state index in [9.17, 15) is 4.79 Å². The Morgan fingerprint density at radius 3 is 2.55 bits per heavy atom. The SMILES string of the molecule is CC(CO)NC(=O)NC(C)c1cccc2ccccc12. The van der Waals surface area contributed by atoms with Crippen molar-refractivity contribution in [3.63, 3.8) is 0 Å². The minimum atomic E-state index is -0.271. The van der Waals surface area contributed by atoms with Crippen LogP contribution in [0.4, 0.5) is 4.79 Å². The minimum Gasteiger partial charge on any atom is -0.394 e. The Balaban J connectivity index is 2.15. The standard InChI is InChI=1S/C16H20N2O2/c1-11(10-19)17-16(20)18-12(2)14-9-5-7-13-6-3-4-8-15(13)14/h3-9,11-12,19H,10H2,1-2H3,(H2,17,18,20). The van der Waals surface area contributed by atoms with Crippen LogP contribution in [0.1, 0.15) is 25.5 Å². The van der Waals surface area contributed by atoms with Gasteiger partial charge in [-0.05, 0) is 30.2 Å². The number of carbonyl (C=O) groups is 1. The number of hydrogen-bond acceptors (Lipinski definition) is 2. The molecule has 0 fully saturated rings. The van der Waals surface area contributed by atoms with Crippen molar-refractivity contribution in [2.24, 2.45) is 0 Å². The number of fused-ring (bicyclic) bond motifs is 1. The van der Waals surface area contributed by atoms with E-state index in [0.717, 1.165) is 16.3 Å². The van der Waals surface area contributed by atoms with E-state index in [-0.39, 0.29) is 24.7 Å². The highest BCUT2D eigenvalue weighted by Crippen LogP contribution is 2.23. The van der Waals surface area contributed by atoms with Gasteiger partial charge in [0.1, 0.15) is 0 Å². The fourth-order valence-electron chi connectivity index (χ4n) is 2.21. The molecule has 4 nitrogen and oxygen atoms in total. The van der Waals surface area contributed by atoms with Gasteiger partial charge in [0.2, 0.25) is 0 Å². The topological polar surface area (TPSA) is 61.4 Å². The highest BCUT2D eigenvalue weighted by Gasteiger charge is 2.13. The molecular formula is C16H20N2O2. The Morgan fingerprint density at radius 1 is 1.10 bits per heavy atom. The van der Waals surface area contributed by atoms with Gasteiger partial charge in [-0.2, -0.15) is 0 Å². The maximum Gasteiger partial charge on any atom is 0.315 e. The van der Waals surface area contributed by atoms with Crippen molar-refractivity contribution in [2.75, 3.05) is 6.61 Å². The van der Waals surface area contributed by atoms with Crippen molar-refractivity contribution in [1.29, 1.82) is 0 Å². The van der Waals surface area contributed by atoms with Crippen LogP contribution < -0.4 is 10.6 Å². The summed E-state index contributed by atoms with van der Waals surface area (Å²) >= 11 is 0. The van der Waals surface area contributed by atoms with Gasteiger partial charge in [0.05, 0.1) is 18.7 Å². The summed E-state index contributed by atoms with van der Waals surface area (Å²) in [6, 6.07) is 13.5. The summed E-state index contributed by atoms with van der Waals surface area (Å²) in [5.74, 6) is 0.